The first-order valence-electron chi connectivity index (χ1n) is 8.86. The lowest BCUT2D eigenvalue weighted by atomic mass is 10.0. The first kappa shape index (κ1) is 17.4. The Kier molecular flexibility index (Phi) is 5.02. The van der Waals surface area contributed by atoms with Gasteiger partial charge < -0.3 is 4.90 Å². The normalized spacial score (nSPS) is 20.4. The van der Waals surface area contributed by atoms with Crippen molar-refractivity contribution in [3.05, 3.63) is 47.5 Å². The summed E-state index contributed by atoms with van der Waals surface area (Å²) in [7, 11) is 0. The van der Waals surface area contributed by atoms with Gasteiger partial charge in [0, 0.05) is 31.5 Å². The number of carbonyl (C=O) groups is 3. The molecule has 3 rings (SSSR count). The van der Waals surface area contributed by atoms with Crippen molar-refractivity contribution in [2.24, 2.45) is 0 Å². The van der Waals surface area contributed by atoms with Crippen molar-refractivity contribution in [1.29, 1.82) is 0 Å². The van der Waals surface area contributed by atoms with Crippen LogP contribution < -0.4 is 0 Å². The van der Waals surface area contributed by atoms with Crippen LogP contribution in [0, 0.1) is 6.92 Å². The van der Waals surface area contributed by atoms with E-state index < -0.39 is 0 Å². The van der Waals surface area contributed by atoms with E-state index in [9.17, 15) is 14.4 Å². The van der Waals surface area contributed by atoms with E-state index in [0.717, 1.165) is 24.9 Å². The van der Waals surface area contributed by atoms with E-state index in [0.29, 0.717) is 12.0 Å². The molecule has 2 heterocycles. The van der Waals surface area contributed by atoms with Gasteiger partial charge in [0.25, 0.3) is 0 Å². The van der Waals surface area contributed by atoms with Crippen LogP contribution in [0.2, 0.25) is 0 Å². The molecule has 25 heavy (non-hydrogen) atoms. The highest BCUT2D eigenvalue weighted by molar-refractivity contribution is 6.02. The second-order valence-electron chi connectivity index (χ2n) is 6.86. The van der Waals surface area contributed by atoms with Crippen molar-refractivity contribution in [3.63, 3.8) is 0 Å². The van der Waals surface area contributed by atoms with Crippen LogP contribution in [0.15, 0.2) is 36.4 Å². The fourth-order valence-electron chi connectivity index (χ4n) is 3.66. The predicted molar refractivity (Wildman–Crippen MR) is 94.6 cm³/mol. The highest BCUT2D eigenvalue weighted by Crippen LogP contribution is 2.33. The van der Waals surface area contributed by atoms with E-state index in [2.05, 4.69) is 18.7 Å². The van der Waals surface area contributed by atoms with Crippen LogP contribution in [0.4, 0.5) is 0 Å². The summed E-state index contributed by atoms with van der Waals surface area (Å²) in [4.78, 5) is 39.3. The summed E-state index contributed by atoms with van der Waals surface area (Å²) in [6, 6.07) is 8.34. The van der Waals surface area contributed by atoms with Crippen LogP contribution in [-0.2, 0) is 14.4 Å². The molecule has 0 saturated carbocycles. The molecule has 0 spiro atoms. The molecule has 5 heteroatoms. The zero-order valence-electron chi connectivity index (χ0n) is 14.7. The molecular weight excluding hydrogens is 316 g/mol. The second-order valence-corrected chi connectivity index (χ2v) is 6.86. The minimum atomic E-state index is -0.149. The smallest absolute Gasteiger partial charge is 0.249 e. The zero-order chi connectivity index (χ0) is 18.0. The third-order valence-corrected chi connectivity index (χ3v) is 5.04. The third kappa shape index (κ3) is 3.65. The van der Waals surface area contributed by atoms with Gasteiger partial charge in [-0.25, -0.2) is 0 Å². The number of benzene rings is 1. The number of imide groups is 1. The summed E-state index contributed by atoms with van der Waals surface area (Å²) in [5.74, 6) is -0.365. The summed E-state index contributed by atoms with van der Waals surface area (Å²) in [6.45, 7) is 6.94. The average molecular weight is 340 g/mol. The predicted octanol–water partition coefficient (Wildman–Crippen LogP) is 2.75. The van der Waals surface area contributed by atoms with Crippen LogP contribution in [-0.4, -0.2) is 40.6 Å². The van der Waals surface area contributed by atoms with Gasteiger partial charge >= 0.3 is 0 Å². The number of amides is 3. The van der Waals surface area contributed by atoms with Crippen molar-refractivity contribution < 1.29 is 14.4 Å². The lowest BCUT2D eigenvalue weighted by Gasteiger charge is -2.26. The van der Waals surface area contributed by atoms with E-state index in [1.165, 1.54) is 10.5 Å². The molecule has 1 aromatic carbocycles. The fraction of sp³-hybridized carbons (Fsp3) is 0.450. The topological polar surface area (TPSA) is 57.7 Å². The van der Waals surface area contributed by atoms with E-state index in [1.807, 2.05) is 24.0 Å². The summed E-state index contributed by atoms with van der Waals surface area (Å²) in [5.41, 5.74) is 2.80. The number of rotatable bonds is 5. The number of aryl methyl sites for hydroxylation is 1. The average Bonchev–Trinajstić information content (AvgIpc) is 3.19. The maximum atomic E-state index is 12.8. The number of carbonyl (C=O) groups excluding carboxylic acids is 3. The highest BCUT2D eigenvalue weighted by Gasteiger charge is 2.32. The molecule has 0 N–H and O–H groups in total. The third-order valence-electron chi connectivity index (χ3n) is 5.04. The highest BCUT2D eigenvalue weighted by atomic mass is 16.2. The minimum Gasteiger partial charge on any atom is -0.332 e. The molecule has 1 unspecified atom stereocenters. The first-order chi connectivity index (χ1) is 12.0. The summed E-state index contributed by atoms with van der Waals surface area (Å²) in [5, 5.41) is 0. The lowest BCUT2D eigenvalue weighted by molar-refractivity contribution is -0.138. The molecule has 2 saturated heterocycles. The van der Waals surface area contributed by atoms with Crippen LogP contribution in [0.1, 0.15) is 49.3 Å². The Hall–Kier alpha value is -2.43. The van der Waals surface area contributed by atoms with Gasteiger partial charge in [-0.1, -0.05) is 36.4 Å². The molecular formula is C20H24N2O3. The maximum absolute atomic E-state index is 12.8. The molecule has 2 fully saturated rings. The summed E-state index contributed by atoms with van der Waals surface area (Å²) < 4.78 is 0. The van der Waals surface area contributed by atoms with Crippen LogP contribution in [0.5, 0.6) is 0 Å². The second kappa shape index (κ2) is 7.21. The van der Waals surface area contributed by atoms with Crippen LogP contribution >= 0.6 is 0 Å². The monoisotopic (exact) mass is 340 g/mol. The number of hydrogen-bond donors (Lipinski definition) is 0. The molecule has 3 amide bonds. The Morgan fingerprint density at radius 2 is 1.96 bits per heavy atom. The zero-order valence-corrected chi connectivity index (χ0v) is 14.7. The lowest BCUT2D eigenvalue weighted by Crippen LogP contribution is -2.34. The van der Waals surface area contributed by atoms with Gasteiger partial charge in [0.2, 0.25) is 17.7 Å². The molecule has 0 aromatic heterocycles. The van der Waals surface area contributed by atoms with E-state index in [-0.39, 0.29) is 43.1 Å². The quantitative estimate of drug-likeness (QED) is 0.612. The molecule has 5 nitrogen and oxygen atoms in total. The van der Waals surface area contributed by atoms with Gasteiger partial charge in [0.1, 0.15) is 0 Å². The van der Waals surface area contributed by atoms with E-state index in [1.54, 1.807) is 0 Å². The van der Waals surface area contributed by atoms with Gasteiger partial charge in [-0.15, -0.1) is 0 Å². The van der Waals surface area contributed by atoms with Crippen LogP contribution in [0.3, 0.4) is 0 Å². The van der Waals surface area contributed by atoms with Crippen molar-refractivity contribution in [3.8, 4) is 0 Å². The Labute approximate surface area is 148 Å². The molecule has 1 aromatic rings. The fourth-order valence-corrected chi connectivity index (χ4v) is 3.66. The Morgan fingerprint density at radius 1 is 1.24 bits per heavy atom. The SMILES string of the molecule is C=C(CCN1C(=O)CCC1=O)C(=O)N1CCCC1c1cccc(C)c1. The van der Waals surface area contributed by atoms with Crippen molar-refractivity contribution in [2.45, 2.75) is 45.1 Å². The maximum Gasteiger partial charge on any atom is 0.249 e. The molecule has 0 radical (unpaired) electrons. The van der Waals surface area contributed by atoms with Crippen LogP contribution in [0.25, 0.3) is 0 Å². The van der Waals surface area contributed by atoms with Gasteiger partial charge in [0.05, 0.1) is 6.04 Å². The number of likely N-dealkylation sites (tertiary alicyclic amines) is 2. The molecule has 0 aliphatic carbocycles. The first-order valence-corrected chi connectivity index (χ1v) is 8.86. The van der Waals surface area contributed by atoms with Gasteiger partial charge in [-0.2, -0.15) is 0 Å². The molecule has 132 valence electrons. The number of nitrogens with zero attached hydrogens (tertiary/aromatic N) is 2. The largest absolute Gasteiger partial charge is 0.332 e. The standard InChI is InChI=1S/C20H24N2O3/c1-14-5-3-6-16(13-14)17-7-4-11-21(17)20(25)15(2)10-12-22-18(23)8-9-19(22)24/h3,5-6,13,17H,2,4,7-12H2,1H3. The van der Waals surface area contributed by atoms with E-state index in [4.69, 9.17) is 0 Å². The Morgan fingerprint density at radius 3 is 2.64 bits per heavy atom. The Balaban J connectivity index is 1.64. The molecule has 1 atom stereocenters. The van der Waals surface area contributed by atoms with Gasteiger partial charge in [-0.05, 0) is 31.7 Å². The molecule has 2 aliphatic heterocycles. The van der Waals surface area contributed by atoms with Gasteiger partial charge in [0.15, 0.2) is 0 Å². The molecule has 0 bridgehead atoms. The summed E-state index contributed by atoms with van der Waals surface area (Å²) in [6.07, 6.45) is 2.82. The van der Waals surface area contributed by atoms with Crippen molar-refractivity contribution >= 4 is 17.7 Å². The van der Waals surface area contributed by atoms with E-state index >= 15 is 0 Å². The summed E-state index contributed by atoms with van der Waals surface area (Å²) >= 11 is 0. The number of hydrogen-bond acceptors (Lipinski definition) is 3. The molecule has 2 aliphatic rings. The van der Waals surface area contributed by atoms with Gasteiger partial charge in [-0.3, -0.25) is 19.3 Å². The minimum absolute atomic E-state index is 0.0666. The Bertz CT molecular complexity index is 709. The van der Waals surface area contributed by atoms with Crippen molar-refractivity contribution in [2.75, 3.05) is 13.1 Å². The van der Waals surface area contributed by atoms with Crippen molar-refractivity contribution in [1.82, 2.24) is 9.80 Å².